The molecule has 0 fully saturated rings. The molecular formula is C9H8N6. The topological polar surface area (TPSA) is 85.4 Å². The lowest BCUT2D eigenvalue weighted by Crippen LogP contribution is -1.95. The molecule has 0 spiro atoms. The molecule has 6 nitrogen and oxygen atoms in total. The molecule has 0 unspecified atom stereocenters. The minimum Gasteiger partial charge on any atom is -0.399 e. The number of nitrogens with zero attached hydrogens (tertiary/aromatic N) is 4. The van der Waals surface area contributed by atoms with Crippen molar-refractivity contribution < 1.29 is 0 Å². The maximum Gasteiger partial charge on any atom is 0.230 e. The Bertz CT molecular complexity index is 594. The fourth-order valence-electron chi connectivity index (χ4n) is 1.44. The van der Waals surface area contributed by atoms with Crippen molar-refractivity contribution in [3.8, 4) is 5.95 Å². The van der Waals surface area contributed by atoms with Crippen molar-refractivity contribution in [2.75, 3.05) is 5.73 Å². The lowest BCUT2D eigenvalue weighted by molar-refractivity contribution is 0.827. The third kappa shape index (κ3) is 1.23. The molecule has 0 atom stereocenters. The predicted octanol–water partition coefficient (Wildman–Crippen LogP) is 0.726. The Morgan fingerprint density at radius 3 is 3.07 bits per heavy atom. The second-order valence-corrected chi connectivity index (χ2v) is 3.18. The van der Waals surface area contributed by atoms with Crippen LogP contribution < -0.4 is 5.73 Å². The van der Waals surface area contributed by atoms with E-state index in [0.717, 1.165) is 11.0 Å². The van der Waals surface area contributed by atoms with Crippen LogP contribution in [-0.2, 0) is 0 Å². The number of nitrogen functional groups attached to an aromatic ring is 1. The summed E-state index contributed by atoms with van der Waals surface area (Å²) < 4.78 is 1.57. The van der Waals surface area contributed by atoms with Crippen molar-refractivity contribution >= 4 is 16.7 Å². The number of nitrogens with two attached hydrogens (primary N) is 1. The second kappa shape index (κ2) is 2.81. The number of fused-ring (bicyclic) bond motifs is 1. The summed E-state index contributed by atoms with van der Waals surface area (Å²) in [6.07, 6.45) is 3.04. The first kappa shape index (κ1) is 7.98. The molecule has 1 aromatic carbocycles. The Kier molecular flexibility index (Phi) is 1.49. The molecule has 2 aromatic heterocycles. The molecule has 0 bridgehead atoms. The SMILES string of the molecule is Nc1ccc2nc(-n3cncn3)[nH]c2c1. The van der Waals surface area contributed by atoms with Gasteiger partial charge in [0, 0.05) is 5.69 Å². The molecule has 2 heterocycles. The molecule has 0 aliphatic carbocycles. The van der Waals surface area contributed by atoms with Crippen LogP contribution in [0.2, 0.25) is 0 Å². The van der Waals surface area contributed by atoms with Crippen LogP contribution in [0.25, 0.3) is 17.0 Å². The number of H-pyrrole nitrogens is 1. The third-order valence-electron chi connectivity index (χ3n) is 2.13. The molecular weight excluding hydrogens is 192 g/mol. The second-order valence-electron chi connectivity index (χ2n) is 3.18. The Morgan fingerprint density at radius 2 is 2.27 bits per heavy atom. The van der Waals surface area contributed by atoms with Crippen LogP contribution >= 0.6 is 0 Å². The van der Waals surface area contributed by atoms with E-state index in [-0.39, 0.29) is 0 Å². The van der Waals surface area contributed by atoms with Gasteiger partial charge in [0.05, 0.1) is 11.0 Å². The van der Waals surface area contributed by atoms with Crippen molar-refractivity contribution in [3.63, 3.8) is 0 Å². The molecule has 0 saturated heterocycles. The van der Waals surface area contributed by atoms with Gasteiger partial charge in [-0.25, -0.2) is 9.97 Å². The number of hydrogen-bond donors (Lipinski definition) is 2. The fraction of sp³-hybridized carbons (Fsp3) is 0. The quantitative estimate of drug-likeness (QED) is 0.567. The molecule has 0 aliphatic heterocycles. The molecule has 0 saturated carbocycles. The van der Waals surface area contributed by atoms with E-state index in [1.54, 1.807) is 11.0 Å². The Labute approximate surface area is 84.8 Å². The first-order valence-electron chi connectivity index (χ1n) is 4.43. The van der Waals surface area contributed by atoms with Crippen LogP contribution in [0, 0.1) is 0 Å². The highest BCUT2D eigenvalue weighted by Gasteiger charge is 2.04. The van der Waals surface area contributed by atoms with E-state index in [1.807, 2.05) is 18.2 Å². The minimum absolute atomic E-state index is 0.633. The number of nitrogens with one attached hydrogen (secondary N) is 1. The maximum atomic E-state index is 5.67. The Balaban J connectivity index is 2.22. The minimum atomic E-state index is 0.633. The number of anilines is 1. The van der Waals surface area contributed by atoms with Crippen molar-refractivity contribution in [1.82, 2.24) is 24.7 Å². The molecule has 74 valence electrons. The van der Waals surface area contributed by atoms with Crippen LogP contribution in [0.4, 0.5) is 5.69 Å². The average molecular weight is 200 g/mol. The molecule has 15 heavy (non-hydrogen) atoms. The lowest BCUT2D eigenvalue weighted by atomic mass is 10.3. The highest BCUT2D eigenvalue weighted by atomic mass is 15.4. The van der Waals surface area contributed by atoms with E-state index in [1.165, 1.54) is 6.33 Å². The zero-order valence-corrected chi connectivity index (χ0v) is 7.75. The zero-order valence-electron chi connectivity index (χ0n) is 7.75. The number of rotatable bonds is 1. The number of hydrogen-bond acceptors (Lipinski definition) is 4. The smallest absolute Gasteiger partial charge is 0.230 e. The van der Waals surface area contributed by atoms with E-state index < -0.39 is 0 Å². The standard InChI is InChI=1S/C9H8N6/c10-6-1-2-7-8(3-6)14-9(13-7)15-5-11-4-12-15/h1-5H,10H2,(H,13,14). The summed E-state index contributed by atoms with van der Waals surface area (Å²) in [5, 5.41) is 3.98. The van der Waals surface area contributed by atoms with Gasteiger partial charge in [-0.1, -0.05) is 0 Å². The molecule has 6 heteroatoms. The van der Waals surface area contributed by atoms with E-state index in [0.29, 0.717) is 11.6 Å². The molecule has 0 aliphatic rings. The van der Waals surface area contributed by atoms with Crippen LogP contribution in [0.1, 0.15) is 0 Å². The van der Waals surface area contributed by atoms with Gasteiger partial charge < -0.3 is 10.7 Å². The summed E-state index contributed by atoms with van der Waals surface area (Å²) in [6, 6.07) is 5.51. The largest absolute Gasteiger partial charge is 0.399 e. The van der Waals surface area contributed by atoms with Crippen LogP contribution in [-0.4, -0.2) is 24.7 Å². The molecule has 3 rings (SSSR count). The van der Waals surface area contributed by atoms with Crippen LogP contribution in [0.15, 0.2) is 30.9 Å². The van der Waals surface area contributed by atoms with E-state index in [2.05, 4.69) is 20.1 Å². The highest BCUT2D eigenvalue weighted by Crippen LogP contribution is 2.15. The van der Waals surface area contributed by atoms with Gasteiger partial charge in [-0.2, -0.15) is 9.78 Å². The van der Waals surface area contributed by atoms with Gasteiger partial charge >= 0.3 is 0 Å². The summed E-state index contributed by atoms with van der Waals surface area (Å²) in [6.45, 7) is 0. The van der Waals surface area contributed by atoms with Gasteiger partial charge in [0.15, 0.2) is 0 Å². The zero-order chi connectivity index (χ0) is 10.3. The third-order valence-corrected chi connectivity index (χ3v) is 2.13. The number of aromatic amines is 1. The van der Waals surface area contributed by atoms with Gasteiger partial charge in [-0.05, 0) is 18.2 Å². The molecule has 0 radical (unpaired) electrons. The van der Waals surface area contributed by atoms with Crippen LogP contribution in [0.3, 0.4) is 0 Å². The summed E-state index contributed by atoms with van der Waals surface area (Å²) in [5.74, 6) is 0.633. The van der Waals surface area contributed by atoms with Gasteiger partial charge in [0.2, 0.25) is 5.95 Å². The predicted molar refractivity (Wildman–Crippen MR) is 55.4 cm³/mol. The van der Waals surface area contributed by atoms with E-state index in [4.69, 9.17) is 5.73 Å². The summed E-state index contributed by atoms with van der Waals surface area (Å²) in [4.78, 5) is 11.3. The summed E-state index contributed by atoms with van der Waals surface area (Å²) in [7, 11) is 0. The van der Waals surface area contributed by atoms with E-state index >= 15 is 0 Å². The lowest BCUT2D eigenvalue weighted by Gasteiger charge is -1.90. The Morgan fingerprint density at radius 1 is 1.33 bits per heavy atom. The van der Waals surface area contributed by atoms with Crippen LogP contribution in [0.5, 0.6) is 0 Å². The van der Waals surface area contributed by atoms with Gasteiger partial charge in [0.1, 0.15) is 12.7 Å². The van der Waals surface area contributed by atoms with Crippen molar-refractivity contribution in [1.29, 1.82) is 0 Å². The summed E-state index contributed by atoms with van der Waals surface area (Å²) in [5.41, 5.74) is 8.12. The van der Waals surface area contributed by atoms with Gasteiger partial charge in [-0.3, -0.25) is 0 Å². The van der Waals surface area contributed by atoms with Gasteiger partial charge in [0.25, 0.3) is 0 Å². The van der Waals surface area contributed by atoms with Crippen molar-refractivity contribution in [2.45, 2.75) is 0 Å². The van der Waals surface area contributed by atoms with Gasteiger partial charge in [-0.15, -0.1) is 0 Å². The summed E-state index contributed by atoms with van der Waals surface area (Å²) >= 11 is 0. The first-order valence-corrected chi connectivity index (χ1v) is 4.43. The fourth-order valence-corrected chi connectivity index (χ4v) is 1.44. The van der Waals surface area contributed by atoms with Crippen molar-refractivity contribution in [2.24, 2.45) is 0 Å². The molecule has 3 N–H and O–H groups in total. The number of imidazole rings is 1. The number of benzene rings is 1. The highest BCUT2D eigenvalue weighted by molar-refractivity contribution is 5.79. The average Bonchev–Trinajstić information content (AvgIpc) is 2.84. The number of aromatic nitrogens is 5. The normalized spacial score (nSPS) is 10.9. The monoisotopic (exact) mass is 200 g/mol. The maximum absolute atomic E-state index is 5.67. The van der Waals surface area contributed by atoms with Crippen molar-refractivity contribution in [3.05, 3.63) is 30.9 Å². The molecule has 0 amide bonds. The van der Waals surface area contributed by atoms with E-state index in [9.17, 15) is 0 Å². The Hall–Kier alpha value is -2.37. The first-order chi connectivity index (χ1) is 7.33. The molecule has 3 aromatic rings.